The van der Waals surface area contributed by atoms with Crippen molar-refractivity contribution >= 4 is 23.1 Å². The maximum absolute atomic E-state index is 13.2. The lowest BCUT2D eigenvalue weighted by molar-refractivity contribution is -0.118. The molecule has 29 heavy (non-hydrogen) atoms. The highest BCUT2D eigenvalue weighted by Gasteiger charge is 2.42. The molecule has 1 aromatic carbocycles. The summed E-state index contributed by atoms with van der Waals surface area (Å²) in [6.45, 7) is 8.50. The van der Waals surface area contributed by atoms with Crippen molar-refractivity contribution in [2.24, 2.45) is 5.41 Å². The third-order valence-electron chi connectivity index (χ3n) is 5.91. The SMILES string of the molecule is Cc1ccc(-c2nc3n(n2)C(c2cccs2)C2=C(CC(C)(C)CC2=O)N3)cc1C. The van der Waals surface area contributed by atoms with Gasteiger partial charge in [-0.05, 0) is 54.3 Å². The Bertz CT molecular complexity index is 1150. The standard InChI is InChI=1S/C23H24N4OS/c1-13-7-8-15(10-14(13)2)21-25-22-24-16-11-23(3,4)12-17(28)19(16)20(27(22)26-21)18-6-5-9-29-18/h5-10,20H,11-12H2,1-4H3,(H,24,25,26). The van der Waals surface area contributed by atoms with Crippen LogP contribution in [0.3, 0.4) is 0 Å². The molecule has 5 rings (SSSR count). The van der Waals surface area contributed by atoms with E-state index in [-0.39, 0.29) is 17.2 Å². The number of benzene rings is 1. The van der Waals surface area contributed by atoms with Gasteiger partial charge in [0.25, 0.3) is 0 Å². The Balaban J connectivity index is 1.66. The van der Waals surface area contributed by atoms with Gasteiger partial charge < -0.3 is 5.32 Å². The van der Waals surface area contributed by atoms with E-state index in [1.807, 2.05) is 10.7 Å². The molecule has 3 aromatic rings. The van der Waals surface area contributed by atoms with E-state index in [1.165, 1.54) is 11.1 Å². The number of rotatable bonds is 2. The van der Waals surface area contributed by atoms with Crippen LogP contribution in [-0.4, -0.2) is 20.5 Å². The second-order valence-electron chi connectivity index (χ2n) is 8.88. The zero-order valence-electron chi connectivity index (χ0n) is 17.1. The summed E-state index contributed by atoms with van der Waals surface area (Å²) < 4.78 is 1.89. The van der Waals surface area contributed by atoms with E-state index in [9.17, 15) is 4.79 Å². The Hall–Kier alpha value is -2.73. The van der Waals surface area contributed by atoms with Gasteiger partial charge in [0.1, 0.15) is 6.04 Å². The van der Waals surface area contributed by atoms with Gasteiger partial charge in [0.15, 0.2) is 11.6 Å². The van der Waals surface area contributed by atoms with Gasteiger partial charge >= 0.3 is 0 Å². The normalized spacial score (nSPS) is 20.3. The molecule has 0 saturated heterocycles. The van der Waals surface area contributed by atoms with Crippen LogP contribution in [0.1, 0.15) is 48.7 Å². The predicted octanol–water partition coefficient (Wildman–Crippen LogP) is 5.28. The highest BCUT2D eigenvalue weighted by molar-refractivity contribution is 7.10. The number of nitrogens with one attached hydrogen (secondary N) is 1. The number of hydrogen-bond donors (Lipinski definition) is 1. The number of aromatic nitrogens is 3. The minimum absolute atomic E-state index is 0.0536. The molecule has 1 atom stereocenters. The summed E-state index contributed by atoms with van der Waals surface area (Å²) in [5.41, 5.74) is 5.24. The number of allylic oxidation sites excluding steroid dienone is 2. The number of fused-ring (bicyclic) bond motifs is 1. The molecule has 0 spiro atoms. The lowest BCUT2D eigenvalue weighted by Gasteiger charge is -2.37. The van der Waals surface area contributed by atoms with Crippen LogP contribution in [0.4, 0.5) is 5.95 Å². The Morgan fingerprint density at radius 2 is 2.00 bits per heavy atom. The summed E-state index contributed by atoms with van der Waals surface area (Å²) in [6.07, 6.45) is 1.39. The number of ketones is 1. The van der Waals surface area contributed by atoms with Crippen LogP contribution in [-0.2, 0) is 4.79 Å². The molecule has 2 aliphatic rings. The Kier molecular flexibility index (Phi) is 4.03. The summed E-state index contributed by atoms with van der Waals surface area (Å²) >= 11 is 1.66. The van der Waals surface area contributed by atoms with Gasteiger partial charge in [-0.3, -0.25) is 4.79 Å². The maximum Gasteiger partial charge on any atom is 0.226 e. The van der Waals surface area contributed by atoms with Crippen molar-refractivity contribution in [3.8, 4) is 11.4 Å². The van der Waals surface area contributed by atoms with Crippen LogP contribution >= 0.6 is 11.3 Å². The van der Waals surface area contributed by atoms with Gasteiger partial charge in [0, 0.05) is 28.1 Å². The van der Waals surface area contributed by atoms with Crippen molar-refractivity contribution < 1.29 is 4.79 Å². The van der Waals surface area contributed by atoms with Gasteiger partial charge in [-0.2, -0.15) is 4.98 Å². The fourth-order valence-corrected chi connectivity index (χ4v) is 5.14. The fourth-order valence-electron chi connectivity index (χ4n) is 4.32. The minimum Gasteiger partial charge on any atom is -0.328 e. The zero-order valence-corrected chi connectivity index (χ0v) is 17.9. The van der Waals surface area contributed by atoms with E-state index in [4.69, 9.17) is 10.1 Å². The number of Topliss-reactive ketones (excluding diaryl/α,β-unsaturated/α-hetero) is 1. The highest BCUT2D eigenvalue weighted by Crippen LogP contribution is 2.46. The first-order valence-corrected chi connectivity index (χ1v) is 10.8. The topological polar surface area (TPSA) is 59.8 Å². The zero-order chi connectivity index (χ0) is 20.3. The largest absolute Gasteiger partial charge is 0.328 e. The van der Waals surface area contributed by atoms with Crippen molar-refractivity contribution in [2.45, 2.75) is 46.6 Å². The summed E-state index contributed by atoms with van der Waals surface area (Å²) in [7, 11) is 0. The molecule has 1 unspecified atom stereocenters. The summed E-state index contributed by atoms with van der Waals surface area (Å²) in [4.78, 5) is 19.1. The summed E-state index contributed by atoms with van der Waals surface area (Å²) in [5.74, 6) is 1.60. The molecule has 1 aliphatic heterocycles. The van der Waals surface area contributed by atoms with Crippen molar-refractivity contribution in [1.29, 1.82) is 0 Å². The van der Waals surface area contributed by atoms with E-state index in [1.54, 1.807) is 11.3 Å². The van der Waals surface area contributed by atoms with E-state index < -0.39 is 0 Å². The molecule has 0 radical (unpaired) electrons. The Morgan fingerprint density at radius 3 is 2.72 bits per heavy atom. The van der Waals surface area contributed by atoms with Crippen molar-refractivity contribution in [3.05, 3.63) is 63.0 Å². The molecular weight excluding hydrogens is 380 g/mol. The van der Waals surface area contributed by atoms with Crippen LogP contribution in [0.25, 0.3) is 11.4 Å². The number of carbonyl (C=O) groups excluding carboxylic acids is 1. The number of thiophene rings is 1. The van der Waals surface area contributed by atoms with Crippen LogP contribution in [0.5, 0.6) is 0 Å². The number of hydrogen-bond acceptors (Lipinski definition) is 5. The third kappa shape index (κ3) is 3.02. The molecule has 0 bridgehead atoms. The van der Waals surface area contributed by atoms with Crippen LogP contribution in [0.15, 0.2) is 47.0 Å². The van der Waals surface area contributed by atoms with Gasteiger partial charge in [-0.1, -0.05) is 32.0 Å². The highest BCUT2D eigenvalue weighted by atomic mass is 32.1. The first-order chi connectivity index (χ1) is 13.8. The molecule has 148 valence electrons. The van der Waals surface area contributed by atoms with Crippen LogP contribution in [0.2, 0.25) is 0 Å². The molecule has 5 nitrogen and oxygen atoms in total. The first kappa shape index (κ1) is 18.3. The minimum atomic E-state index is -0.211. The fraction of sp³-hybridized carbons (Fsp3) is 0.348. The van der Waals surface area contributed by atoms with Crippen molar-refractivity contribution in [3.63, 3.8) is 0 Å². The monoisotopic (exact) mass is 404 g/mol. The molecule has 1 aliphatic carbocycles. The van der Waals surface area contributed by atoms with Gasteiger partial charge in [-0.15, -0.1) is 16.4 Å². The maximum atomic E-state index is 13.2. The number of nitrogens with zero attached hydrogens (tertiary/aromatic N) is 3. The smallest absolute Gasteiger partial charge is 0.226 e. The molecule has 0 saturated carbocycles. The van der Waals surface area contributed by atoms with Crippen molar-refractivity contribution in [1.82, 2.24) is 14.8 Å². The second kappa shape index (κ2) is 6.39. The Morgan fingerprint density at radius 1 is 1.17 bits per heavy atom. The van der Waals surface area contributed by atoms with E-state index >= 15 is 0 Å². The van der Waals surface area contributed by atoms with E-state index in [2.05, 4.69) is 62.7 Å². The second-order valence-corrected chi connectivity index (χ2v) is 9.86. The molecule has 3 heterocycles. The Labute approximate surface area is 174 Å². The van der Waals surface area contributed by atoms with Crippen LogP contribution in [0, 0.1) is 19.3 Å². The third-order valence-corrected chi connectivity index (χ3v) is 6.83. The van der Waals surface area contributed by atoms with Gasteiger partial charge in [0.05, 0.1) is 0 Å². The number of anilines is 1. The lowest BCUT2D eigenvalue weighted by Crippen LogP contribution is -2.36. The lowest BCUT2D eigenvalue weighted by atomic mass is 9.73. The predicted molar refractivity (Wildman–Crippen MR) is 116 cm³/mol. The van der Waals surface area contributed by atoms with Gasteiger partial charge in [-0.25, -0.2) is 4.68 Å². The van der Waals surface area contributed by atoms with E-state index in [0.717, 1.165) is 28.1 Å². The summed E-state index contributed by atoms with van der Waals surface area (Å²) in [5, 5.41) is 10.4. The van der Waals surface area contributed by atoms with Crippen molar-refractivity contribution in [2.75, 3.05) is 5.32 Å². The average molecular weight is 405 g/mol. The number of carbonyl (C=O) groups is 1. The molecule has 6 heteroatoms. The molecule has 0 amide bonds. The first-order valence-electron chi connectivity index (χ1n) is 9.93. The molecule has 1 N–H and O–H groups in total. The van der Waals surface area contributed by atoms with Crippen LogP contribution < -0.4 is 5.32 Å². The summed E-state index contributed by atoms with van der Waals surface area (Å²) in [6, 6.07) is 10.2. The quantitative estimate of drug-likeness (QED) is 0.631. The van der Waals surface area contributed by atoms with Gasteiger partial charge in [0.2, 0.25) is 5.95 Å². The number of aryl methyl sites for hydroxylation is 2. The molecule has 2 aromatic heterocycles. The van der Waals surface area contributed by atoms with E-state index in [0.29, 0.717) is 18.2 Å². The molecular formula is C23H24N4OS. The average Bonchev–Trinajstić information content (AvgIpc) is 3.30. The molecule has 0 fully saturated rings.